The zero-order valence-electron chi connectivity index (χ0n) is 9.63. The van der Waals surface area contributed by atoms with E-state index in [1.807, 2.05) is 0 Å². The molecule has 0 spiro atoms. The predicted molar refractivity (Wildman–Crippen MR) is 72.5 cm³/mol. The van der Waals surface area contributed by atoms with Gasteiger partial charge in [-0.05, 0) is 47.6 Å². The molecule has 1 amide bonds. The number of amides is 1. The van der Waals surface area contributed by atoms with Crippen LogP contribution in [0.2, 0.25) is 0 Å². The van der Waals surface area contributed by atoms with Crippen LogP contribution in [0.4, 0.5) is 14.6 Å². The number of nitrogens with one attached hydrogen (secondary N) is 1. The fourth-order valence-corrected chi connectivity index (χ4v) is 2.39. The summed E-state index contributed by atoms with van der Waals surface area (Å²) in [6.07, 6.45) is 2.06. The number of anilines is 1. The lowest BCUT2D eigenvalue weighted by atomic mass is 9.86. The third-order valence-corrected chi connectivity index (χ3v) is 3.63. The highest BCUT2D eigenvalue weighted by Crippen LogP contribution is 2.36. The van der Waals surface area contributed by atoms with Gasteiger partial charge in [0.1, 0.15) is 5.82 Å². The molecule has 1 aliphatic rings. The normalized spacial score (nSPS) is 22.5. The van der Waals surface area contributed by atoms with Crippen LogP contribution in [0.25, 0.3) is 0 Å². The summed E-state index contributed by atoms with van der Waals surface area (Å²) in [6.45, 7) is 0. The molecule has 6 heteroatoms. The van der Waals surface area contributed by atoms with Crippen LogP contribution in [-0.4, -0.2) is 16.8 Å². The first-order valence-corrected chi connectivity index (χ1v) is 6.84. The van der Waals surface area contributed by atoms with Gasteiger partial charge in [-0.25, -0.2) is 13.8 Å². The van der Waals surface area contributed by atoms with Crippen molar-refractivity contribution < 1.29 is 13.6 Å². The van der Waals surface area contributed by atoms with E-state index in [4.69, 9.17) is 0 Å². The fraction of sp³-hybridized carbons (Fsp3) is 0.500. The molecule has 1 unspecified atom stereocenters. The van der Waals surface area contributed by atoms with Gasteiger partial charge in [-0.15, -0.1) is 0 Å². The van der Waals surface area contributed by atoms with E-state index in [1.165, 1.54) is 0 Å². The molecular formula is C12H13F2IN2O. The summed E-state index contributed by atoms with van der Waals surface area (Å²) in [7, 11) is 0. The van der Waals surface area contributed by atoms with Crippen LogP contribution in [-0.2, 0) is 4.79 Å². The molecule has 1 aromatic heterocycles. The molecule has 1 aliphatic carbocycles. The molecular weight excluding hydrogens is 353 g/mol. The van der Waals surface area contributed by atoms with Crippen molar-refractivity contribution in [2.75, 3.05) is 5.32 Å². The first-order chi connectivity index (χ1) is 8.46. The van der Waals surface area contributed by atoms with Crippen LogP contribution in [0.1, 0.15) is 25.7 Å². The van der Waals surface area contributed by atoms with Gasteiger partial charge >= 0.3 is 0 Å². The molecule has 0 radical (unpaired) electrons. The Morgan fingerprint density at radius 1 is 1.50 bits per heavy atom. The molecule has 0 aliphatic heterocycles. The smallest absolute Gasteiger partial charge is 0.248 e. The summed E-state index contributed by atoms with van der Waals surface area (Å²) >= 11 is 2.10. The number of halogens is 3. The molecule has 0 aromatic carbocycles. The average Bonchev–Trinajstić information content (AvgIpc) is 2.31. The summed E-state index contributed by atoms with van der Waals surface area (Å²) in [4.78, 5) is 15.9. The Morgan fingerprint density at radius 2 is 2.28 bits per heavy atom. The molecule has 1 heterocycles. The molecule has 1 N–H and O–H groups in total. The van der Waals surface area contributed by atoms with Crippen molar-refractivity contribution in [2.45, 2.75) is 31.6 Å². The maximum Gasteiger partial charge on any atom is 0.248 e. The van der Waals surface area contributed by atoms with E-state index < -0.39 is 11.8 Å². The number of hydrogen-bond donors (Lipinski definition) is 1. The minimum atomic E-state index is -2.71. The van der Waals surface area contributed by atoms with Gasteiger partial charge in [-0.2, -0.15) is 0 Å². The van der Waals surface area contributed by atoms with E-state index in [9.17, 15) is 13.6 Å². The first-order valence-electron chi connectivity index (χ1n) is 5.76. The van der Waals surface area contributed by atoms with E-state index >= 15 is 0 Å². The van der Waals surface area contributed by atoms with Gasteiger partial charge in [0, 0.05) is 28.5 Å². The summed E-state index contributed by atoms with van der Waals surface area (Å²) < 4.78 is 27.4. The lowest BCUT2D eigenvalue weighted by Gasteiger charge is -2.27. The summed E-state index contributed by atoms with van der Waals surface area (Å²) in [5.41, 5.74) is 0. The number of nitrogens with zero attached hydrogens (tertiary/aromatic N) is 1. The van der Waals surface area contributed by atoms with Gasteiger partial charge in [-0.1, -0.05) is 0 Å². The number of alkyl halides is 2. The molecule has 0 saturated heterocycles. The zero-order valence-corrected chi connectivity index (χ0v) is 11.8. The highest BCUT2D eigenvalue weighted by molar-refractivity contribution is 14.1. The first kappa shape index (κ1) is 13.6. The van der Waals surface area contributed by atoms with Crippen LogP contribution >= 0.6 is 22.6 Å². The van der Waals surface area contributed by atoms with E-state index in [0.717, 1.165) is 3.57 Å². The van der Waals surface area contributed by atoms with Crippen LogP contribution in [0.15, 0.2) is 18.3 Å². The standard InChI is InChI=1S/C12H13F2IN2O/c13-12(14)5-1-2-8(6-12)11(18)17-10-4-3-9(15)7-16-10/h3-4,7-8H,1-2,5-6H2,(H,16,17,18). The number of rotatable bonds is 2. The van der Waals surface area contributed by atoms with Crippen LogP contribution in [0.3, 0.4) is 0 Å². The van der Waals surface area contributed by atoms with Crippen molar-refractivity contribution in [3.8, 4) is 0 Å². The Hall–Kier alpha value is -0.790. The lowest BCUT2D eigenvalue weighted by molar-refractivity contribution is -0.127. The molecule has 2 rings (SSSR count). The molecule has 98 valence electrons. The Labute approximate surface area is 118 Å². The Balaban J connectivity index is 1.97. The van der Waals surface area contributed by atoms with E-state index in [2.05, 4.69) is 32.9 Å². The topological polar surface area (TPSA) is 42.0 Å². The summed E-state index contributed by atoms with van der Waals surface area (Å²) in [5, 5.41) is 2.59. The van der Waals surface area contributed by atoms with Crippen LogP contribution < -0.4 is 5.32 Å². The number of aromatic nitrogens is 1. The maximum atomic E-state index is 13.2. The number of carbonyl (C=O) groups is 1. The highest BCUT2D eigenvalue weighted by Gasteiger charge is 2.39. The van der Waals surface area contributed by atoms with Crippen molar-refractivity contribution in [3.63, 3.8) is 0 Å². The average molecular weight is 366 g/mol. The highest BCUT2D eigenvalue weighted by atomic mass is 127. The van der Waals surface area contributed by atoms with Crippen LogP contribution in [0.5, 0.6) is 0 Å². The lowest BCUT2D eigenvalue weighted by Crippen LogP contribution is -2.33. The largest absolute Gasteiger partial charge is 0.310 e. The molecule has 1 saturated carbocycles. The molecule has 18 heavy (non-hydrogen) atoms. The van der Waals surface area contributed by atoms with Gasteiger partial charge in [0.15, 0.2) is 0 Å². The van der Waals surface area contributed by atoms with Crippen molar-refractivity contribution in [1.29, 1.82) is 0 Å². The fourth-order valence-electron chi connectivity index (χ4n) is 2.07. The molecule has 1 fully saturated rings. The van der Waals surface area contributed by atoms with E-state index in [0.29, 0.717) is 18.7 Å². The Kier molecular flexibility index (Phi) is 4.14. The van der Waals surface area contributed by atoms with E-state index in [-0.39, 0.29) is 18.7 Å². The molecule has 1 atom stereocenters. The van der Waals surface area contributed by atoms with Crippen LogP contribution in [0, 0.1) is 9.49 Å². The summed E-state index contributed by atoms with van der Waals surface area (Å²) in [6, 6.07) is 3.47. The van der Waals surface area contributed by atoms with Crippen molar-refractivity contribution in [3.05, 3.63) is 21.9 Å². The van der Waals surface area contributed by atoms with Gasteiger partial charge in [0.2, 0.25) is 11.8 Å². The Bertz CT molecular complexity index is 436. The summed E-state index contributed by atoms with van der Waals surface area (Å²) in [5.74, 6) is -3.27. The maximum absolute atomic E-state index is 13.2. The monoisotopic (exact) mass is 366 g/mol. The predicted octanol–water partition coefficient (Wildman–Crippen LogP) is 3.45. The van der Waals surface area contributed by atoms with Crippen molar-refractivity contribution >= 4 is 34.3 Å². The Morgan fingerprint density at radius 3 is 2.89 bits per heavy atom. The molecule has 1 aromatic rings. The molecule has 0 bridgehead atoms. The second-order valence-electron chi connectivity index (χ2n) is 4.50. The third-order valence-electron chi connectivity index (χ3n) is 2.99. The third kappa shape index (κ3) is 3.60. The van der Waals surface area contributed by atoms with Gasteiger partial charge in [0.05, 0.1) is 0 Å². The minimum absolute atomic E-state index is 0.113. The second-order valence-corrected chi connectivity index (χ2v) is 5.75. The van der Waals surface area contributed by atoms with Gasteiger partial charge in [-0.3, -0.25) is 4.79 Å². The van der Waals surface area contributed by atoms with Crippen molar-refractivity contribution in [2.24, 2.45) is 5.92 Å². The number of carbonyl (C=O) groups excluding carboxylic acids is 1. The van der Waals surface area contributed by atoms with Gasteiger partial charge in [0.25, 0.3) is 0 Å². The van der Waals surface area contributed by atoms with Gasteiger partial charge < -0.3 is 5.32 Å². The van der Waals surface area contributed by atoms with E-state index in [1.54, 1.807) is 18.3 Å². The SMILES string of the molecule is O=C(Nc1ccc(I)cn1)C1CCCC(F)(F)C1. The minimum Gasteiger partial charge on any atom is -0.310 e. The van der Waals surface area contributed by atoms with Crippen molar-refractivity contribution in [1.82, 2.24) is 4.98 Å². The molecule has 3 nitrogen and oxygen atoms in total. The quantitative estimate of drug-likeness (QED) is 0.815. The number of hydrogen-bond acceptors (Lipinski definition) is 2. The second kappa shape index (κ2) is 5.46. The number of pyridine rings is 1. The zero-order chi connectivity index (χ0) is 13.2.